The summed E-state index contributed by atoms with van der Waals surface area (Å²) in [7, 11) is 3.15. The van der Waals surface area contributed by atoms with E-state index in [1.165, 1.54) is 0 Å². The molecule has 0 saturated heterocycles. The molecular weight excluding hydrogens is 256 g/mol. The Balaban J connectivity index is 2.12. The lowest BCUT2D eigenvalue weighted by Gasteiger charge is -2.38. The number of rotatable bonds is 5. The van der Waals surface area contributed by atoms with Crippen LogP contribution in [0.25, 0.3) is 0 Å². The Labute approximate surface area is 119 Å². The predicted octanol–water partition coefficient (Wildman–Crippen LogP) is 1.62. The number of methoxy groups -OCH3 is 2. The van der Waals surface area contributed by atoms with Gasteiger partial charge in [0.25, 0.3) is 5.91 Å². The smallest absolute Gasteiger partial charge is 0.251 e. The van der Waals surface area contributed by atoms with Crippen molar-refractivity contribution in [2.24, 2.45) is 5.73 Å². The highest BCUT2D eigenvalue weighted by molar-refractivity contribution is 5.95. The third-order valence-electron chi connectivity index (χ3n) is 3.96. The first-order chi connectivity index (χ1) is 9.49. The number of carbonyl (C=O) groups is 1. The van der Waals surface area contributed by atoms with E-state index in [0.29, 0.717) is 23.6 Å². The van der Waals surface area contributed by atoms with E-state index >= 15 is 0 Å². The molecule has 0 bridgehead atoms. The van der Waals surface area contributed by atoms with Crippen LogP contribution in [0.4, 0.5) is 0 Å². The summed E-state index contributed by atoms with van der Waals surface area (Å²) in [6.07, 6.45) is 3.07. The van der Waals surface area contributed by atoms with Gasteiger partial charge in [-0.3, -0.25) is 4.79 Å². The highest BCUT2D eigenvalue weighted by atomic mass is 16.5. The lowest BCUT2D eigenvalue weighted by molar-refractivity contribution is 0.0929. The first-order valence-electron chi connectivity index (χ1n) is 6.79. The Bertz CT molecular complexity index is 485. The van der Waals surface area contributed by atoms with Crippen LogP contribution in [0.15, 0.2) is 12.1 Å². The molecule has 1 aromatic carbocycles. The Morgan fingerprint density at radius 2 is 1.85 bits per heavy atom. The maximum Gasteiger partial charge on any atom is 0.251 e. The van der Waals surface area contributed by atoms with Crippen LogP contribution in [0, 0.1) is 6.92 Å². The molecule has 0 aliphatic heterocycles. The van der Waals surface area contributed by atoms with Crippen LogP contribution in [0.2, 0.25) is 0 Å². The van der Waals surface area contributed by atoms with Crippen LogP contribution in [0.1, 0.15) is 35.2 Å². The summed E-state index contributed by atoms with van der Waals surface area (Å²) in [6.45, 7) is 2.40. The van der Waals surface area contributed by atoms with E-state index in [1.807, 2.05) is 6.92 Å². The lowest BCUT2D eigenvalue weighted by Crippen LogP contribution is -2.54. The molecule has 110 valence electrons. The van der Waals surface area contributed by atoms with Crippen LogP contribution in [0.5, 0.6) is 11.5 Å². The van der Waals surface area contributed by atoms with Gasteiger partial charge in [0.1, 0.15) is 11.5 Å². The third kappa shape index (κ3) is 2.88. The second kappa shape index (κ2) is 5.71. The number of nitrogens with two attached hydrogens (primary N) is 1. The van der Waals surface area contributed by atoms with E-state index in [4.69, 9.17) is 15.2 Å². The van der Waals surface area contributed by atoms with Crippen LogP contribution in [-0.2, 0) is 0 Å². The van der Waals surface area contributed by atoms with Gasteiger partial charge in [0.05, 0.1) is 14.2 Å². The number of nitrogens with one attached hydrogen (secondary N) is 1. The zero-order valence-electron chi connectivity index (χ0n) is 12.3. The molecule has 1 aliphatic rings. The summed E-state index contributed by atoms with van der Waals surface area (Å²) in [5, 5.41) is 2.89. The summed E-state index contributed by atoms with van der Waals surface area (Å²) >= 11 is 0. The van der Waals surface area contributed by atoms with E-state index in [0.717, 1.165) is 24.8 Å². The van der Waals surface area contributed by atoms with Gasteiger partial charge >= 0.3 is 0 Å². The Morgan fingerprint density at radius 1 is 1.30 bits per heavy atom. The normalized spacial score (nSPS) is 16.2. The van der Waals surface area contributed by atoms with E-state index in [1.54, 1.807) is 26.4 Å². The van der Waals surface area contributed by atoms with E-state index in [9.17, 15) is 4.79 Å². The number of hydrogen-bond donors (Lipinski definition) is 2. The van der Waals surface area contributed by atoms with Gasteiger partial charge in [-0.25, -0.2) is 0 Å². The van der Waals surface area contributed by atoms with Gasteiger partial charge in [-0.05, 0) is 38.3 Å². The molecule has 0 radical (unpaired) electrons. The summed E-state index contributed by atoms with van der Waals surface area (Å²) in [6, 6.07) is 3.44. The summed E-state index contributed by atoms with van der Waals surface area (Å²) in [5.74, 6) is 1.12. The second-order valence-electron chi connectivity index (χ2n) is 5.40. The number of hydrogen-bond acceptors (Lipinski definition) is 4. The fraction of sp³-hybridized carbons (Fsp3) is 0.533. The number of ether oxygens (including phenoxy) is 2. The molecule has 1 amide bonds. The number of carbonyl (C=O) groups excluding carboxylic acids is 1. The standard InChI is InChI=1S/C15H22N2O3/c1-10-12(19-2)7-11(8-13(10)20-3)14(18)17-9-15(16)5-4-6-15/h7-8H,4-6,9,16H2,1-3H3,(H,17,18). The fourth-order valence-corrected chi connectivity index (χ4v) is 2.38. The topological polar surface area (TPSA) is 73.6 Å². The number of benzene rings is 1. The first-order valence-corrected chi connectivity index (χ1v) is 6.79. The SMILES string of the molecule is COc1cc(C(=O)NCC2(N)CCC2)cc(OC)c1C. The van der Waals surface area contributed by atoms with Crippen molar-refractivity contribution in [3.8, 4) is 11.5 Å². The van der Waals surface area contributed by atoms with Gasteiger partial charge in [-0.2, -0.15) is 0 Å². The molecule has 0 unspecified atom stereocenters. The van der Waals surface area contributed by atoms with Gasteiger partial charge in [0, 0.05) is 23.2 Å². The molecule has 1 aromatic rings. The average molecular weight is 278 g/mol. The van der Waals surface area contributed by atoms with Crippen molar-refractivity contribution < 1.29 is 14.3 Å². The molecule has 1 fully saturated rings. The first kappa shape index (κ1) is 14.7. The molecule has 0 aromatic heterocycles. The van der Waals surface area contributed by atoms with Crippen LogP contribution >= 0.6 is 0 Å². The zero-order chi connectivity index (χ0) is 14.8. The Morgan fingerprint density at radius 3 is 2.25 bits per heavy atom. The third-order valence-corrected chi connectivity index (χ3v) is 3.96. The van der Waals surface area contributed by atoms with Crippen LogP contribution in [-0.4, -0.2) is 32.2 Å². The Hall–Kier alpha value is -1.75. The molecule has 0 atom stereocenters. The van der Waals surface area contributed by atoms with E-state index in [2.05, 4.69) is 5.32 Å². The van der Waals surface area contributed by atoms with Gasteiger partial charge in [0.2, 0.25) is 0 Å². The van der Waals surface area contributed by atoms with Crippen LogP contribution in [0.3, 0.4) is 0 Å². The molecule has 0 heterocycles. The average Bonchev–Trinajstić information content (AvgIpc) is 2.42. The largest absolute Gasteiger partial charge is 0.496 e. The molecule has 2 rings (SSSR count). The van der Waals surface area contributed by atoms with Crippen molar-refractivity contribution in [1.29, 1.82) is 0 Å². The minimum Gasteiger partial charge on any atom is -0.496 e. The van der Waals surface area contributed by atoms with Crippen LogP contribution < -0.4 is 20.5 Å². The van der Waals surface area contributed by atoms with Gasteiger partial charge in [-0.1, -0.05) is 0 Å². The highest BCUT2D eigenvalue weighted by Gasteiger charge is 2.32. The van der Waals surface area contributed by atoms with Crippen molar-refractivity contribution in [3.63, 3.8) is 0 Å². The molecule has 5 nitrogen and oxygen atoms in total. The predicted molar refractivity (Wildman–Crippen MR) is 77.4 cm³/mol. The molecule has 1 saturated carbocycles. The van der Waals surface area contributed by atoms with Gasteiger partial charge in [-0.15, -0.1) is 0 Å². The molecular formula is C15H22N2O3. The molecule has 5 heteroatoms. The molecule has 1 aliphatic carbocycles. The maximum absolute atomic E-state index is 12.2. The zero-order valence-corrected chi connectivity index (χ0v) is 12.3. The lowest BCUT2D eigenvalue weighted by atomic mass is 9.78. The second-order valence-corrected chi connectivity index (χ2v) is 5.40. The molecule has 20 heavy (non-hydrogen) atoms. The van der Waals surface area contributed by atoms with Crippen molar-refractivity contribution in [3.05, 3.63) is 23.3 Å². The quantitative estimate of drug-likeness (QED) is 0.858. The van der Waals surface area contributed by atoms with Gasteiger partial charge < -0.3 is 20.5 Å². The maximum atomic E-state index is 12.2. The summed E-state index contributed by atoms with van der Waals surface area (Å²) in [5.41, 5.74) is 7.27. The minimum absolute atomic E-state index is 0.154. The molecule has 3 N–H and O–H groups in total. The number of amides is 1. The van der Waals surface area contributed by atoms with Crippen molar-refractivity contribution in [1.82, 2.24) is 5.32 Å². The highest BCUT2D eigenvalue weighted by Crippen LogP contribution is 2.30. The summed E-state index contributed by atoms with van der Waals surface area (Å²) in [4.78, 5) is 12.2. The van der Waals surface area contributed by atoms with E-state index < -0.39 is 0 Å². The van der Waals surface area contributed by atoms with Gasteiger partial charge in [0.15, 0.2) is 0 Å². The summed E-state index contributed by atoms with van der Waals surface area (Å²) < 4.78 is 10.5. The van der Waals surface area contributed by atoms with Crippen molar-refractivity contribution in [2.75, 3.05) is 20.8 Å². The monoisotopic (exact) mass is 278 g/mol. The minimum atomic E-state index is -0.228. The fourth-order valence-electron chi connectivity index (χ4n) is 2.38. The Kier molecular flexibility index (Phi) is 4.18. The van der Waals surface area contributed by atoms with Crippen molar-refractivity contribution >= 4 is 5.91 Å². The molecule has 0 spiro atoms. The van der Waals surface area contributed by atoms with E-state index in [-0.39, 0.29) is 11.4 Å². The van der Waals surface area contributed by atoms with Crippen molar-refractivity contribution in [2.45, 2.75) is 31.7 Å².